The van der Waals surface area contributed by atoms with E-state index in [1.165, 1.54) is 15.4 Å². The van der Waals surface area contributed by atoms with Gasteiger partial charge in [-0.1, -0.05) is 112 Å². The molecular weight excluding hydrogens is 516 g/mol. The van der Waals surface area contributed by atoms with Crippen molar-refractivity contribution in [3.63, 3.8) is 0 Å². The molecule has 0 saturated carbocycles. The molecule has 0 saturated heterocycles. The highest BCUT2D eigenvalue weighted by Crippen LogP contribution is 2.37. The summed E-state index contributed by atoms with van der Waals surface area (Å²) < 4.78 is 29.3. The number of carbonyl (C=O) groups excluding carboxylic acids is 1. The molecule has 1 amide bonds. The largest absolute Gasteiger partial charge is 0.354 e. The van der Waals surface area contributed by atoms with Gasteiger partial charge in [-0.2, -0.15) is 0 Å². The average Bonchev–Trinajstić information content (AvgIpc) is 3.37. The molecule has 1 aliphatic rings. The number of nitrogens with zero attached hydrogens (tertiary/aromatic N) is 1. The molecule has 5 rings (SSSR count). The molecule has 0 fully saturated rings. The topological polar surface area (TPSA) is 66.5 Å². The molecule has 1 atom stereocenters. The van der Waals surface area contributed by atoms with Crippen LogP contribution >= 0.6 is 0 Å². The van der Waals surface area contributed by atoms with Gasteiger partial charge in [0.15, 0.2) is 0 Å². The molecule has 1 heterocycles. The zero-order valence-corrected chi connectivity index (χ0v) is 24.1. The fraction of sp³-hybridized carbons (Fsp3) is 0.265. The van der Waals surface area contributed by atoms with Crippen LogP contribution in [-0.4, -0.2) is 26.9 Å². The van der Waals surface area contributed by atoms with Gasteiger partial charge >= 0.3 is 0 Å². The summed E-state index contributed by atoms with van der Waals surface area (Å²) in [7, 11) is -3.96. The van der Waals surface area contributed by atoms with Crippen molar-refractivity contribution >= 4 is 21.6 Å². The molecule has 0 bridgehead atoms. The minimum absolute atomic E-state index is 0.0949. The highest BCUT2D eigenvalue weighted by molar-refractivity contribution is 7.93. The summed E-state index contributed by atoms with van der Waals surface area (Å²) >= 11 is 0. The van der Waals surface area contributed by atoms with Crippen LogP contribution < -0.4 is 9.62 Å². The van der Waals surface area contributed by atoms with Crippen molar-refractivity contribution in [1.82, 2.24) is 5.32 Å². The van der Waals surface area contributed by atoms with Crippen LogP contribution in [0.1, 0.15) is 55.4 Å². The van der Waals surface area contributed by atoms with E-state index in [-0.39, 0.29) is 22.1 Å². The van der Waals surface area contributed by atoms with Gasteiger partial charge in [-0.05, 0) is 52.3 Å². The lowest BCUT2D eigenvalue weighted by atomic mass is 9.87. The zero-order chi connectivity index (χ0) is 28.3. The zero-order valence-electron chi connectivity index (χ0n) is 23.2. The molecule has 40 heavy (non-hydrogen) atoms. The Kier molecular flexibility index (Phi) is 7.81. The van der Waals surface area contributed by atoms with Gasteiger partial charge in [-0.25, -0.2) is 8.42 Å². The van der Waals surface area contributed by atoms with Crippen LogP contribution in [0.4, 0.5) is 5.69 Å². The van der Waals surface area contributed by atoms with Gasteiger partial charge in [-0.3, -0.25) is 9.10 Å². The summed E-state index contributed by atoms with van der Waals surface area (Å²) in [6, 6.07) is 34.0. The van der Waals surface area contributed by atoms with Crippen LogP contribution in [-0.2, 0) is 26.7 Å². The number of sulfonamides is 1. The van der Waals surface area contributed by atoms with Crippen LogP contribution in [0.15, 0.2) is 114 Å². The molecule has 0 unspecified atom stereocenters. The van der Waals surface area contributed by atoms with Crippen molar-refractivity contribution in [3.8, 4) is 0 Å². The molecular formula is C34H36N2O3S. The number of hydrogen-bond donors (Lipinski definition) is 1. The Hall–Kier alpha value is -3.90. The second kappa shape index (κ2) is 11.3. The third kappa shape index (κ3) is 5.68. The fourth-order valence-corrected chi connectivity index (χ4v) is 7.10. The molecule has 4 aromatic carbocycles. The van der Waals surface area contributed by atoms with E-state index in [4.69, 9.17) is 0 Å². The number of benzene rings is 4. The number of fused-ring (bicyclic) bond motifs is 1. The van der Waals surface area contributed by atoms with E-state index in [9.17, 15) is 13.2 Å². The Morgan fingerprint density at radius 3 is 1.95 bits per heavy atom. The smallest absolute Gasteiger partial charge is 0.265 e. The average molecular weight is 553 g/mol. The van der Waals surface area contributed by atoms with Crippen molar-refractivity contribution in [2.45, 2.75) is 55.9 Å². The maximum absolute atomic E-state index is 14.0. The van der Waals surface area contributed by atoms with Gasteiger partial charge in [0.2, 0.25) is 5.91 Å². The third-order valence-electron chi connectivity index (χ3n) is 7.64. The van der Waals surface area contributed by atoms with E-state index in [2.05, 4.69) is 50.4 Å². The summed E-state index contributed by atoms with van der Waals surface area (Å²) in [5, 5.41) is 3.07. The van der Waals surface area contributed by atoms with Gasteiger partial charge in [-0.15, -0.1) is 0 Å². The van der Waals surface area contributed by atoms with E-state index in [1.54, 1.807) is 18.2 Å². The number of rotatable bonds is 8. The van der Waals surface area contributed by atoms with Crippen LogP contribution in [0.2, 0.25) is 0 Å². The highest BCUT2D eigenvalue weighted by Gasteiger charge is 2.42. The summed E-state index contributed by atoms with van der Waals surface area (Å²) in [5.74, 6) is -0.171. The minimum Gasteiger partial charge on any atom is -0.354 e. The maximum atomic E-state index is 14.0. The van der Waals surface area contributed by atoms with E-state index in [1.807, 2.05) is 66.7 Å². The second-order valence-corrected chi connectivity index (χ2v) is 13.2. The lowest BCUT2D eigenvalue weighted by molar-refractivity contribution is -0.122. The van der Waals surface area contributed by atoms with Crippen LogP contribution in [0.3, 0.4) is 0 Å². The second-order valence-electron chi connectivity index (χ2n) is 11.4. The van der Waals surface area contributed by atoms with Crippen LogP contribution in [0.5, 0.6) is 0 Å². The molecule has 0 radical (unpaired) electrons. The molecule has 0 spiro atoms. The normalized spacial score (nSPS) is 15.2. The Morgan fingerprint density at radius 1 is 0.825 bits per heavy atom. The standard InChI is InChI=1S/C34H36N2O3S/c1-34(2,3)28-18-20-29(21-19-28)40(38,39)36-31-17-11-10-16-27(31)24-32(36)33(37)35-23-22-30(25-12-6-4-7-13-25)26-14-8-5-9-15-26/h4-21,30,32H,22-24H2,1-3H3,(H,35,37)/t32-/m0/s1. The van der Waals surface area contributed by atoms with Crippen LogP contribution in [0.25, 0.3) is 0 Å². The third-order valence-corrected chi connectivity index (χ3v) is 9.48. The Bertz CT molecular complexity index is 1520. The van der Waals surface area contributed by atoms with Crippen molar-refractivity contribution in [2.24, 2.45) is 0 Å². The molecule has 0 aromatic heterocycles. The molecule has 6 heteroatoms. The predicted molar refractivity (Wildman–Crippen MR) is 161 cm³/mol. The Morgan fingerprint density at radius 2 is 1.38 bits per heavy atom. The minimum atomic E-state index is -3.96. The molecule has 206 valence electrons. The fourth-order valence-electron chi connectivity index (χ4n) is 5.45. The SMILES string of the molecule is CC(C)(C)c1ccc(S(=O)(=O)N2c3ccccc3C[C@H]2C(=O)NCCC(c2ccccc2)c2ccccc2)cc1. The summed E-state index contributed by atoms with van der Waals surface area (Å²) in [4.78, 5) is 13.8. The van der Waals surface area contributed by atoms with E-state index in [0.29, 0.717) is 25.1 Å². The maximum Gasteiger partial charge on any atom is 0.265 e. The number of para-hydroxylation sites is 1. The lowest BCUT2D eigenvalue weighted by Crippen LogP contribution is -2.48. The molecule has 1 aliphatic heterocycles. The highest BCUT2D eigenvalue weighted by atomic mass is 32.2. The van der Waals surface area contributed by atoms with Crippen LogP contribution in [0, 0.1) is 0 Å². The Balaban J connectivity index is 1.37. The van der Waals surface area contributed by atoms with Gasteiger partial charge < -0.3 is 5.32 Å². The van der Waals surface area contributed by atoms with Crippen molar-refractivity contribution in [3.05, 3.63) is 131 Å². The molecule has 1 N–H and O–H groups in total. The lowest BCUT2D eigenvalue weighted by Gasteiger charge is -2.27. The van der Waals surface area contributed by atoms with Crippen molar-refractivity contribution in [2.75, 3.05) is 10.8 Å². The van der Waals surface area contributed by atoms with Gasteiger partial charge in [0.05, 0.1) is 10.6 Å². The summed E-state index contributed by atoms with van der Waals surface area (Å²) in [6.07, 6.45) is 1.03. The summed E-state index contributed by atoms with van der Waals surface area (Å²) in [6.45, 7) is 6.70. The van der Waals surface area contributed by atoms with E-state index in [0.717, 1.165) is 11.1 Å². The van der Waals surface area contributed by atoms with Crippen molar-refractivity contribution < 1.29 is 13.2 Å². The molecule has 0 aliphatic carbocycles. The van der Waals surface area contributed by atoms with Gasteiger partial charge in [0, 0.05) is 18.9 Å². The quantitative estimate of drug-likeness (QED) is 0.273. The first-order valence-electron chi connectivity index (χ1n) is 13.8. The number of carbonyl (C=O) groups is 1. The van der Waals surface area contributed by atoms with Crippen molar-refractivity contribution in [1.29, 1.82) is 0 Å². The van der Waals surface area contributed by atoms with E-state index < -0.39 is 16.1 Å². The summed E-state index contributed by atoms with van der Waals surface area (Å²) in [5.41, 5.74) is 4.73. The first-order valence-corrected chi connectivity index (χ1v) is 15.2. The first-order chi connectivity index (χ1) is 19.2. The number of amides is 1. The number of hydrogen-bond acceptors (Lipinski definition) is 3. The van der Waals surface area contributed by atoms with Gasteiger partial charge in [0.1, 0.15) is 6.04 Å². The molecule has 5 nitrogen and oxygen atoms in total. The number of nitrogens with one attached hydrogen (secondary N) is 1. The predicted octanol–water partition coefficient (Wildman–Crippen LogP) is 6.44. The van der Waals surface area contributed by atoms with E-state index >= 15 is 0 Å². The van der Waals surface area contributed by atoms with Gasteiger partial charge in [0.25, 0.3) is 10.0 Å². The monoisotopic (exact) mass is 552 g/mol. The number of anilines is 1. The molecule has 4 aromatic rings. The first kappa shape index (κ1) is 27.7. The Labute approximate surface area is 237 Å².